The van der Waals surface area contributed by atoms with Crippen molar-refractivity contribution in [2.45, 2.75) is 6.92 Å². The van der Waals surface area contributed by atoms with Gasteiger partial charge in [-0.3, -0.25) is 4.79 Å². The van der Waals surface area contributed by atoms with E-state index < -0.39 is 0 Å². The van der Waals surface area contributed by atoms with Crippen LogP contribution in [0.25, 0.3) is 27.2 Å². The van der Waals surface area contributed by atoms with Crippen LogP contribution in [0.3, 0.4) is 0 Å². The van der Waals surface area contributed by atoms with Crippen LogP contribution in [0.4, 0.5) is 10.2 Å². The Kier molecular flexibility index (Phi) is 4.80. The number of rotatable bonds is 4. The van der Waals surface area contributed by atoms with Crippen molar-refractivity contribution in [3.05, 3.63) is 95.3 Å². The van der Waals surface area contributed by atoms with Crippen LogP contribution in [0.15, 0.2) is 78.2 Å². The van der Waals surface area contributed by atoms with Gasteiger partial charge in [-0.25, -0.2) is 9.37 Å². The molecule has 152 valence electrons. The van der Waals surface area contributed by atoms with E-state index in [1.165, 1.54) is 23.5 Å². The molecule has 3 aromatic carbocycles. The topological polar surface area (TPSA) is 59.8 Å². The van der Waals surface area contributed by atoms with Crippen molar-refractivity contribution in [2.24, 2.45) is 0 Å². The molecule has 1 N–H and O–H groups in total. The quantitative estimate of drug-likeness (QED) is 0.391. The van der Waals surface area contributed by atoms with Crippen LogP contribution in [-0.4, -0.2) is 20.7 Å². The van der Waals surface area contributed by atoms with Crippen molar-refractivity contribution in [1.29, 1.82) is 0 Å². The number of aromatic nitrogens is 3. The van der Waals surface area contributed by atoms with E-state index in [1.807, 2.05) is 54.8 Å². The lowest BCUT2D eigenvalue weighted by Crippen LogP contribution is -2.15. The Balaban J connectivity index is 1.47. The number of halogens is 1. The Bertz CT molecular complexity index is 1400. The first-order chi connectivity index (χ1) is 15.1. The zero-order valence-corrected chi connectivity index (χ0v) is 17.4. The molecule has 0 unspecified atom stereocenters. The summed E-state index contributed by atoms with van der Waals surface area (Å²) in [6.45, 7) is 1.86. The molecule has 0 saturated heterocycles. The number of benzene rings is 3. The zero-order valence-electron chi connectivity index (χ0n) is 16.5. The Morgan fingerprint density at radius 1 is 1.03 bits per heavy atom. The Morgan fingerprint density at radius 3 is 2.65 bits per heavy atom. The molecule has 7 heteroatoms. The lowest BCUT2D eigenvalue weighted by molar-refractivity contribution is 0.102. The molecule has 31 heavy (non-hydrogen) atoms. The number of nitrogens with one attached hydrogen (secondary N) is 1. The van der Waals surface area contributed by atoms with E-state index in [1.54, 1.807) is 22.9 Å². The SMILES string of the molecule is Cc1cc(NC(=O)c2cccc3ccccc23)n(-c2nc(-c3ccc(F)cc3)cs2)n1. The third-order valence-corrected chi connectivity index (χ3v) is 5.74. The Morgan fingerprint density at radius 2 is 1.81 bits per heavy atom. The van der Waals surface area contributed by atoms with Gasteiger partial charge in [-0.05, 0) is 48.0 Å². The molecular formula is C24H17FN4OS. The largest absolute Gasteiger partial charge is 0.306 e. The molecule has 1 amide bonds. The number of carbonyl (C=O) groups excluding carboxylic acids is 1. The number of hydrogen-bond donors (Lipinski definition) is 1. The Hall–Kier alpha value is -3.84. The van der Waals surface area contributed by atoms with Crippen LogP contribution in [0, 0.1) is 12.7 Å². The van der Waals surface area contributed by atoms with E-state index in [-0.39, 0.29) is 11.7 Å². The van der Waals surface area contributed by atoms with Gasteiger partial charge in [0.15, 0.2) is 0 Å². The van der Waals surface area contributed by atoms with E-state index in [0.717, 1.165) is 27.7 Å². The van der Waals surface area contributed by atoms with E-state index in [9.17, 15) is 9.18 Å². The second kappa shape index (κ2) is 7.77. The smallest absolute Gasteiger partial charge is 0.257 e. The van der Waals surface area contributed by atoms with Crippen molar-refractivity contribution < 1.29 is 9.18 Å². The first-order valence-corrected chi connectivity index (χ1v) is 10.5. The summed E-state index contributed by atoms with van der Waals surface area (Å²) in [4.78, 5) is 17.7. The van der Waals surface area contributed by atoms with Crippen molar-refractivity contribution in [1.82, 2.24) is 14.8 Å². The second-order valence-corrected chi connectivity index (χ2v) is 7.92. The van der Waals surface area contributed by atoms with Crippen molar-refractivity contribution in [3.63, 3.8) is 0 Å². The number of fused-ring (bicyclic) bond motifs is 1. The first-order valence-electron chi connectivity index (χ1n) is 9.66. The first kappa shape index (κ1) is 19.1. The predicted molar refractivity (Wildman–Crippen MR) is 121 cm³/mol. The molecule has 0 fully saturated rings. The van der Waals surface area contributed by atoms with Gasteiger partial charge in [0.1, 0.15) is 11.6 Å². The molecular weight excluding hydrogens is 411 g/mol. The summed E-state index contributed by atoms with van der Waals surface area (Å²) in [5.41, 5.74) is 2.88. The Labute approximate surface area is 181 Å². The van der Waals surface area contributed by atoms with Crippen LogP contribution >= 0.6 is 11.3 Å². The predicted octanol–water partition coefficient (Wildman–Crippen LogP) is 5.85. The number of amides is 1. The lowest BCUT2D eigenvalue weighted by Gasteiger charge is -2.09. The summed E-state index contributed by atoms with van der Waals surface area (Å²) in [6.07, 6.45) is 0. The minimum atomic E-state index is -0.291. The molecule has 0 bridgehead atoms. The standard InChI is InChI=1S/C24H17FN4OS/c1-15-13-22(27-23(30)20-8-4-6-16-5-2-3-7-19(16)20)29(28-15)24-26-21(14-31-24)17-9-11-18(25)12-10-17/h2-14H,1H3,(H,27,30). The second-order valence-electron chi connectivity index (χ2n) is 7.09. The molecule has 0 spiro atoms. The third kappa shape index (κ3) is 3.71. The van der Waals surface area contributed by atoms with E-state index >= 15 is 0 Å². The highest BCUT2D eigenvalue weighted by molar-refractivity contribution is 7.12. The maximum Gasteiger partial charge on any atom is 0.257 e. The van der Waals surface area contributed by atoms with Gasteiger partial charge in [-0.1, -0.05) is 36.4 Å². The summed E-state index contributed by atoms with van der Waals surface area (Å²) < 4.78 is 14.8. The van der Waals surface area contributed by atoms with E-state index in [0.29, 0.717) is 16.5 Å². The van der Waals surface area contributed by atoms with Crippen LogP contribution < -0.4 is 5.32 Å². The summed E-state index contributed by atoms with van der Waals surface area (Å²) in [7, 11) is 0. The average Bonchev–Trinajstić information content (AvgIpc) is 3.40. The summed E-state index contributed by atoms with van der Waals surface area (Å²) in [5, 5.41) is 11.9. The van der Waals surface area contributed by atoms with Gasteiger partial charge in [0, 0.05) is 22.6 Å². The molecule has 5 nitrogen and oxygen atoms in total. The van der Waals surface area contributed by atoms with Gasteiger partial charge in [0.2, 0.25) is 5.13 Å². The van der Waals surface area contributed by atoms with Gasteiger partial charge in [0.25, 0.3) is 5.91 Å². The minimum absolute atomic E-state index is 0.215. The van der Waals surface area contributed by atoms with Gasteiger partial charge in [-0.15, -0.1) is 11.3 Å². The summed E-state index contributed by atoms with van der Waals surface area (Å²) in [5.74, 6) is 0.0315. The van der Waals surface area contributed by atoms with Gasteiger partial charge >= 0.3 is 0 Å². The average molecular weight is 428 g/mol. The molecule has 0 radical (unpaired) electrons. The molecule has 0 atom stereocenters. The zero-order chi connectivity index (χ0) is 21.4. The number of carbonyl (C=O) groups is 1. The fraction of sp³-hybridized carbons (Fsp3) is 0.0417. The van der Waals surface area contributed by atoms with Crippen molar-refractivity contribution in [2.75, 3.05) is 5.32 Å². The van der Waals surface area contributed by atoms with Crippen molar-refractivity contribution >= 4 is 33.8 Å². The summed E-state index contributed by atoms with van der Waals surface area (Å²) >= 11 is 1.40. The van der Waals surface area contributed by atoms with Crippen LogP contribution in [0.1, 0.15) is 16.1 Å². The number of anilines is 1. The number of aryl methyl sites for hydroxylation is 1. The van der Waals surface area contributed by atoms with E-state index in [4.69, 9.17) is 0 Å². The monoisotopic (exact) mass is 428 g/mol. The molecule has 0 saturated carbocycles. The molecule has 0 aliphatic heterocycles. The lowest BCUT2D eigenvalue weighted by atomic mass is 10.0. The molecule has 2 heterocycles. The number of nitrogens with zero attached hydrogens (tertiary/aromatic N) is 3. The fourth-order valence-electron chi connectivity index (χ4n) is 3.46. The number of hydrogen-bond acceptors (Lipinski definition) is 4. The molecule has 0 aliphatic rings. The van der Waals surface area contributed by atoms with Gasteiger partial charge < -0.3 is 5.32 Å². The number of thiazole rings is 1. The van der Waals surface area contributed by atoms with Crippen LogP contribution in [0.5, 0.6) is 0 Å². The fourth-order valence-corrected chi connectivity index (χ4v) is 4.25. The van der Waals surface area contributed by atoms with Crippen LogP contribution in [-0.2, 0) is 0 Å². The molecule has 2 aromatic heterocycles. The summed E-state index contributed by atoms with van der Waals surface area (Å²) in [6, 6.07) is 21.4. The maximum absolute atomic E-state index is 13.2. The normalized spacial score (nSPS) is 11.0. The van der Waals surface area contributed by atoms with Crippen LogP contribution in [0.2, 0.25) is 0 Å². The molecule has 5 rings (SSSR count). The van der Waals surface area contributed by atoms with Gasteiger partial charge in [-0.2, -0.15) is 9.78 Å². The van der Waals surface area contributed by atoms with Crippen molar-refractivity contribution in [3.8, 4) is 16.4 Å². The third-order valence-electron chi connectivity index (χ3n) is 4.92. The molecule has 0 aliphatic carbocycles. The van der Waals surface area contributed by atoms with E-state index in [2.05, 4.69) is 15.4 Å². The minimum Gasteiger partial charge on any atom is -0.306 e. The molecule has 5 aromatic rings. The highest BCUT2D eigenvalue weighted by atomic mass is 32.1. The highest BCUT2D eigenvalue weighted by Crippen LogP contribution is 2.27. The van der Waals surface area contributed by atoms with Gasteiger partial charge in [0.05, 0.1) is 11.4 Å². The highest BCUT2D eigenvalue weighted by Gasteiger charge is 2.16. The maximum atomic E-state index is 13.2.